The van der Waals surface area contributed by atoms with Gasteiger partial charge in [0.2, 0.25) is 0 Å². The SMILES string of the molecule is Cc1[nH]nc(-c2ccc(S(=O)(=O)N3CCN(c4ccc(F)cc4)CC3)s2)c1C. The Kier molecular flexibility index (Phi) is 4.98. The molecule has 4 rings (SSSR count). The fourth-order valence-electron chi connectivity index (χ4n) is 3.28. The van der Waals surface area contributed by atoms with Gasteiger partial charge in [0.15, 0.2) is 0 Å². The number of benzene rings is 1. The van der Waals surface area contributed by atoms with Crippen LogP contribution >= 0.6 is 11.3 Å². The summed E-state index contributed by atoms with van der Waals surface area (Å²) in [6, 6.07) is 9.76. The van der Waals surface area contributed by atoms with Crippen LogP contribution in [0.1, 0.15) is 11.3 Å². The number of thiophene rings is 1. The zero-order valence-corrected chi connectivity index (χ0v) is 17.3. The van der Waals surface area contributed by atoms with Crippen molar-refractivity contribution < 1.29 is 12.8 Å². The van der Waals surface area contributed by atoms with Gasteiger partial charge in [-0.1, -0.05) is 0 Å². The minimum absolute atomic E-state index is 0.277. The van der Waals surface area contributed by atoms with Crippen LogP contribution in [0.25, 0.3) is 10.6 Å². The lowest BCUT2D eigenvalue weighted by atomic mass is 10.2. The number of rotatable bonds is 4. The fraction of sp³-hybridized carbons (Fsp3) is 0.316. The third kappa shape index (κ3) is 3.45. The van der Waals surface area contributed by atoms with Crippen molar-refractivity contribution in [2.24, 2.45) is 0 Å². The highest BCUT2D eigenvalue weighted by Crippen LogP contribution is 2.34. The molecule has 148 valence electrons. The number of hydrogen-bond donors (Lipinski definition) is 1. The van der Waals surface area contributed by atoms with Crippen molar-refractivity contribution in [2.75, 3.05) is 31.1 Å². The summed E-state index contributed by atoms with van der Waals surface area (Å²) in [5, 5.41) is 7.23. The van der Waals surface area contributed by atoms with Crippen LogP contribution in [-0.4, -0.2) is 49.1 Å². The molecule has 28 heavy (non-hydrogen) atoms. The van der Waals surface area contributed by atoms with Crippen LogP contribution in [0.15, 0.2) is 40.6 Å². The number of nitrogens with one attached hydrogen (secondary N) is 1. The highest BCUT2D eigenvalue weighted by molar-refractivity contribution is 7.91. The second-order valence-electron chi connectivity index (χ2n) is 6.81. The minimum atomic E-state index is -3.54. The summed E-state index contributed by atoms with van der Waals surface area (Å²) in [6.45, 7) is 5.84. The van der Waals surface area contributed by atoms with Crippen molar-refractivity contribution in [2.45, 2.75) is 18.1 Å². The molecule has 0 bridgehead atoms. The van der Waals surface area contributed by atoms with E-state index in [1.54, 1.807) is 18.2 Å². The van der Waals surface area contributed by atoms with Crippen LogP contribution < -0.4 is 4.90 Å². The Balaban J connectivity index is 1.49. The Hall–Kier alpha value is -2.23. The number of anilines is 1. The summed E-state index contributed by atoms with van der Waals surface area (Å²) < 4.78 is 41.0. The van der Waals surface area contributed by atoms with Crippen molar-refractivity contribution >= 4 is 27.0 Å². The Morgan fingerprint density at radius 2 is 1.71 bits per heavy atom. The van der Waals surface area contributed by atoms with E-state index in [-0.39, 0.29) is 5.82 Å². The first-order valence-electron chi connectivity index (χ1n) is 8.99. The second-order valence-corrected chi connectivity index (χ2v) is 10.1. The Morgan fingerprint density at radius 3 is 2.32 bits per heavy atom. The van der Waals surface area contributed by atoms with E-state index in [0.717, 1.165) is 27.5 Å². The van der Waals surface area contributed by atoms with Crippen LogP contribution in [0.2, 0.25) is 0 Å². The second kappa shape index (κ2) is 7.31. The lowest BCUT2D eigenvalue weighted by Crippen LogP contribution is -2.48. The lowest BCUT2D eigenvalue weighted by Gasteiger charge is -2.35. The van der Waals surface area contributed by atoms with Gasteiger partial charge in [0.1, 0.15) is 15.7 Å². The number of H-pyrrole nitrogens is 1. The van der Waals surface area contributed by atoms with Gasteiger partial charge in [-0.3, -0.25) is 5.10 Å². The summed E-state index contributed by atoms with van der Waals surface area (Å²) in [4.78, 5) is 2.91. The maximum atomic E-state index is 13.1. The van der Waals surface area contributed by atoms with Gasteiger partial charge in [0.25, 0.3) is 10.0 Å². The van der Waals surface area contributed by atoms with Gasteiger partial charge in [-0.15, -0.1) is 11.3 Å². The minimum Gasteiger partial charge on any atom is -0.369 e. The fourth-order valence-corrected chi connectivity index (χ4v) is 6.21. The Bertz CT molecular complexity index is 1080. The lowest BCUT2D eigenvalue weighted by molar-refractivity contribution is 0.386. The van der Waals surface area contributed by atoms with E-state index in [1.807, 2.05) is 19.9 Å². The van der Waals surface area contributed by atoms with Crippen molar-refractivity contribution in [3.8, 4) is 10.6 Å². The average molecular weight is 421 g/mol. The van der Waals surface area contributed by atoms with Gasteiger partial charge in [0, 0.05) is 37.6 Å². The molecule has 0 saturated carbocycles. The molecule has 1 aliphatic rings. The topological polar surface area (TPSA) is 69.3 Å². The number of sulfonamides is 1. The predicted molar refractivity (Wildman–Crippen MR) is 109 cm³/mol. The van der Waals surface area contributed by atoms with Crippen molar-refractivity contribution in [3.63, 3.8) is 0 Å². The van der Waals surface area contributed by atoms with Gasteiger partial charge < -0.3 is 4.90 Å². The standard InChI is InChI=1S/C19H21FN4O2S2/c1-13-14(2)21-22-19(13)17-7-8-18(27-17)28(25,26)24-11-9-23(10-12-24)16-5-3-15(20)4-6-16/h3-8H,9-12H2,1-2H3,(H,21,22). The maximum Gasteiger partial charge on any atom is 0.252 e. The molecule has 9 heteroatoms. The number of nitrogens with zero attached hydrogens (tertiary/aromatic N) is 3. The molecule has 1 aliphatic heterocycles. The molecule has 3 heterocycles. The smallest absolute Gasteiger partial charge is 0.252 e. The summed E-state index contributed by atoms with van der Waals surface area (Å²) in [5.74, 6) is -0.277. The largest absolute Gasteiger partial charge is 0.369 e. The van der Waals surface area contributed by atoms with Crippen molar-refractivity contribution in [3.05, 3.63) is 53.5 Å². The van der Waals surface area contributed by atoms with E-state index in [2.05, 4.69) is 15.1 Å². The maximum absolute atomic E-state index is 13.1. The molecule has 0 aliphatic carbocycles. The summed E-state index contributed by atoms with van der Waals surface area (Å²) >= 11 is 1.25. The van der Waals surface area contributed by atoms with E-state index < -0.39 is 10.0 Å². The molecule has 1 aromatic carbocycles. The van der Waals surface area contributed by atoms with E-state index in [0.29, 0.717) is 30.4 Å². The normalized spacial score (nSPS) is 15.9. The average Bonchev–Trinajstić information content (AvgIpc) is 3.30. The number of aromatic amines is 1. The zero-order valence-electron chi connectivity index (χ0n) is 15.6. The molecular formula is C19H21FN4O2S2. The highest BCUT2D eigenvalue weighted by Gasteiger charge is 2.30. The Morgan fingerprint density at radius 1 is 1.04 bits per heavy atom. The monoisotopic (exact) mass is 420 g/mol. The van der Waals surface area contributed by atoms with Crippen LogP contribution in [-0.2, 0) is 10.0 Å². The molecule has 2 aromatic heterocycles. The number of hydrogen-bond acceptors (Lipinski definition) is 5. The first-order valence-corrected chi connectivity index (χ1v) is 11.2. The molecule has 1 fully saturated rings. The molecule has 3 aromatic rings. The molecular weight excluding hydrogens is 399 g/mol. The van der Waals surface area contributed by atoms with Crippen molar-refractivity contribution in [1.29, 1.82) is 0 Å². The highest BCUT2D eigenvalue weighted by atomic mass is 32.2. The third-order valence-electron chi connectivity index (χ3n) is 5.09. The van der Waals surface area contributed by atoms with Crippen LogP contribution in [0, 0.1) is 19.7 Å². The summed E-state index contributed by atoms with van der Waals surface area (Å²) in [6.07, 6.45) is 0. The third-order valence-corrected chi connectivity index (χ3v) is 8.55. The molecule has 0 amide bonds. The zero-order chi connectivity index (χ0) is 19.9. The van der Waals surface area contributed by atoms with E-state index in [1.165, 1.54) is 27.8 Å². The molecule has 0 radical (unpaired) electrons. The number of aromatic nitrogens is 2. The summed E-state index contributed by atoms with van der Waals surface area (Å²) in [5.41, 5.74) is 3.70. The van der Waals surface area contributed by atoms with Crippen molar-refractivity contribution in [1.82, 2.24) is 14.5 Å². The number of halogens is 1. The van der Waals surface area contributed by atoms with Gasteiger partial charge >= 0.3 is 0 Å². The predicted octanol–water partition coefficient (Wildman–Crippen LogP) is 3.41. The molecule has 0 spiro atoms. The molecule has 0 atom stereocenters. The first-order chi connectivity index (χ1) is 13.4. The first kappa shape index (κ1) is 19.1. The van der Waals surface area contributed by atoms with E-state index in [9.17, 15) is 12.8 Å². The Labute approximate surface area is 167 Å². The van der Waals surface area contributed by atoms with Crippen LogP contribution in [0.3, 0.4) is 0 Å². The van der Waals surface area contributed by atoms with Crippen LogP contribution in [0.4, 0.5) is 10.1 Å². The quantitative estimate of drug-likeness (QED) is 0.702. The number of aryl methyl sites for hydroxylation is 1. The van der Waals surface area contributed by atoms with E-state index in [4.69, 9.17) is 0 Å². The molecule has 0 unspecified atom stereocenters. The molecule has 1 saturated heterocycles. The van der Waals surface area contributed by atoms with E-state index >= 15 is 0 Å². The molecule has 1 N–H and O–H groups in total. The number of piperazine rings is 1. The van der Waals surface area contributed by atoms with Gasteiger partial charge in [-0.05, 0) is 55.8 Å². The molecule has 6 nitrogen and oxygen atoms in total. The van der Waals surface area contributed by atoms with Gasteiger partial charge in [-0.2, -0.15) is 9.40 Å². The van der Waals surface area contributed by atoms with Crippen LogP contribution in [0.5, 0.6) is 0 Å². The van der Waals surface area contributed by atoms with Gasteiger partial charge in [-0.25, -0.2) is 12.8 Å². The summed E-state index contributed by atoms with van der Waals surface area (Å²) in [7, 11) is -3.54. The van der Waals surface area contributed by atoms with Gasteiger partial charge in [0.05, 0.1) is 4.88 Å².